The third-order valence-corrected chi connectivity index (χ3v) is 3.83. The maximum absolute atomic E-state index is 11.9. The van der Waals surface area contributed by atoms with Crippen molar-refractivity contribution in [3.63, 3.8) is 0 Å². The molecule has 0 amide bonds. The van der Waals surface area contributed by atoms with Gasteiger partial charge in [-0.3, -0.25) is 0 Å². The molecule has 0 bridgehead atoms. The average molecular weight is 271 g/mol. The summed E-state index contributed by atoms with van der Waals surface area (Å²) in [6, 6.07) is 9.43. The van der Waals surface area contributed by atoms with E-state index in [2.05, 4.69) is 4.72 Å². The minimum Gasteiger partial charge on any atom is -0.324 e. The highest BCUT2D eigenvalue weighted by molar-refractivity contribution is 7.87. The van der Waals surface area contributed by atoms with E-state index in [4.69, 9.17) is 5.73 Å². The Morgan fingerprint density at radius 2 is 1.83 bits per heavy atom. The minimum atomic E-state index is -3.49. The molecule has 0 heterocycles. The van der Waals surface area contributed by atoms with Gasteiger partial charge in [-0.05, 0) is 19.4 Å². The maximum atomic E-state index is 11.9. The Bertz CT molecular complexity index is 466. The molecule has 0 aliphatic rings. The zero-order chi connectivity index (χ0) is 13.8. The highest BCUT2D eigenvalue weighted by Gasteiger charge is 2.20. The number of hydrogen-bond acceptors (Lipinski definition) is 3. The normalized spacial score (nSPS) is 12.9. The molecule has 1 aromatic rings. The quantitative estimate of drug-likeness (QED) is 0.799. The molecule has 0 aromatic heterocycles. The van der Waals surface area contributed by atoms with Gasteiger partial charge < -0.3 is 5.73 Å². The van der Waals surface area contributed by atoms with Crippen molar-refractivity contribution in [3.8, 4) is 0 Å². The van der Waals surface area contributed by atoms with Crippen LogP contribution in [0.3, 0.4) is 0 Å². The SMILES string of the molecule is CN(Cc1ccccc1)S(=O)(=O)NCC(C)(C)N. The molecule has 0 aliphatic heterocycles. The molecule has 0 unspecified atom stereocenters. The van der Waals surface area contributed by atoms with Gasteiger partial charge in [0.15, 0.2) is 0 Å². The molecular weight excluding hydrogens is 250 g/mol. The van der Waals surface area contributed by atoms with Gasteiger partial charge in [0.05, 0.1) is 0 Å². The van der Waals surface area contributed by atoms with E-state index in [9.17, 15) is 8.42 Å². The first kappa shape index (κ1) is 15.1. The largest absolute Gasteiger partial charge is 0.324 e. The van der Waals surface area contributed by atoms with E-state index in [-0.39, 0.29) is 6.54 Å². The summed E-state index contributed by atoms with van der Waals surface area (Å²) in [4.78, 5) is 0. The number of hydrogen-bond donors (Lipinski definition) is 2. The van der Waals surface area contributed by atoms with Crippen molar-refractivity contribution in [1.82, 2.24) is 9.03 Å². The van der Waals surface area contributed by atoms with E-state index >= 15 is 0 Å². The Labute approximate surface area is 109 Å². The number of nitrogens with one attached hydrogen (secondary N) is 1. The van der Waals surface area contributed by atoms with Crippen molar-refractivity contribution in [1.29, 1.82) is 0 Å². The van der Waals surface area contributed by atoms with E-state index in [1.54, 1.807) is 20.9 Å². The van der Waals surface area contributed by atoms with Crippen molar-refractivity contribution in [2.45, 2.75) is 25.9 Å². The molecule has 0 fully saturated rings. The van der Waals surface area contributed by atoms with E-state index in [1.807, 2.05) is 30.3 Å². The summed E-state index contributed by atoms with van der Waals surface area (Å²) < 4.78 is 27.6. The first-order valence-corrected chi connectivity index (χ1v) is 7.18. The summed E-state index contributed by atoms with van der Waals surface area (Å²) in [5, 5.41) is 0. The van der Waals surface area contributed by atoms with Crippen molar-refractivity contribution >= 4 is 10.2 Å². The molecule has 3 N–H and O–H groups in total. The molecule has 0 radical (unpaired) electrons. The van der Waals surface area contributed by atoms with E-state index in [1.165, 1.54) is 4.31 Å². The Morgan fingerprint density at radius 1 is 1.28 bits per heavy atom. The van der Waals surface area contributed by atoms with Crippen LogP contribution in [-0.4, -0.2) is 31.9 Å². The first-order chi connectivity index (χ1) is 8.21. The second-order valence-corrected chi connectivity index (χ2v) is 6.92. The van der Waals surface area contributed by atoms with Crippen LogP contribution in [0.15, 0.2) is 30.3 Å². The molecule has 0 atom stereocenters. The zero-order valence-corrected chi connectivity index (χ0v) is 11.9. The second-order valence-electron chi connectivity index (χ2n) is 5.06. The molecule has 0 saturated carbocycles. The fourth-order valence-corrected chi connectivity index (χ4v) is 2.41. The van der Waals surface area contributed by atoms with Crippen molar-refractivity contribution in [3.05, 3.63) is 35.9 Å². The Kier molecular flexibility index (Phi) is 4.86. The highest BCUT2D eigenvalue weighted by Crippen LogP contribution is 2.06. The second kappa shape index (κ2) is 5.79. The van der Waals surface area contributed by atoms with Gasteiger partial charge in [0.2, 0.25) is 0 Å². The summed E-state index contributed by atoms with van der Waals surface area (Å²) in [5.41, 5.74) is 6.12. The fourth-order valence-electron chi connectivity index (χ4n) is 1.31. The third-order valence-electron chi connectivity index (χ3n) is 2.37. The highest BCUT2D eigenvalue weighted by atomic mass is 32.2. The Balaban J connectivity index is 2.63. The van der Waals surface area contributed by atoms with Crippen molar-refractivity contribution in [2.75, 3.05) is 13.6 Å². The van der Waals surface area contributed by atoms with Gasteiger partial charge in [0.1, 0.15) is 0 Å². The lowest BCUT2D eigenvalue weighted by Gasteiger charge is -2.22. The van der Waals surface area contributed by atoms with E-state index < -0.39 is 15.7 Å². The third kappa shape index (κ3) is 5.14. The van der Waals surface area contributed by atoms with Gasteiger partial charge in [0.25, 0.3) is 10.2 Å². The zero-order valence-electron chi connectivity index (χ0n) is 11.1. The smallest absolute Gasteiger partial charge is 0.279 e. The monoisotopic (exact) mass is 271 g/mol. The standard InChI is InChI=1S/C12H21N3O2S/c1-12(2,13)10-14-18(16,17)15(3)9-11-7-5-4-6-8-11/h4-8,14H,9-10,13H2,1-3H3. The Hall–Kier alpha value is -0.950. The number of nitrogens with zero attached hydrogens (tertiary/aromatic N) is 1. The molecule has 5 nitrogen and oxygen atoms in total. The van der Waals surface area contributed by atoms with Crippen LogP contribution >= 0.6 is 0 Å². The van der Waals surface area contributed by atoms with Crippen molar-refractivity contribution in [2.24, 2.45) is 5.73 Å². The van der Waals surface area contributed by atoms with Gasteiger partial charge in [-0.25, -0.2) is 4.72 Å². The topological polar surface area (TPSA) is 75.4 Å². The number of benzene rings is 1. The lowest BCUT2D eigenvalue weighted by atomic mass is 10.1. The summed E-state index contributed by atoms with van der Waals surface area (Å²) >= 11 is 0. The van der Waals surface area contributed by atoms with Crippen LogP contribution in [0.5, 0.6) is 0 Å². The van der Waals surface area contributed by atoms with Crippen LogP contribution in [0.4, 0.5) is 0 Å². The number of nitrogens with two attached hydrogens (primary N) is 1. The molecule has 18 heavy (non-hydrogen) atoms. The van der Waals surface area contributed by atoms with Crippen LogP contribution in [0.2, 0.25) is 0 Å². The summed E-state index contributed by atoms with van der Waals surface area (Å²) in [6.07, 6.45) is 0. The molecule has 0 aliphatic carbocycles. The molecular formula is C12H21N3O2S. The summed E-state index contributed by atoms with van der Waals surface area (Å²) in [7, 11) is -1.95. The molecule has 102 valence electrons. The summed E-state index contributed by atoms with van der Waals surface area (Å²) in [5.74, 6) is 0. The van der Waals surface area contributed by atoms with Gasteiger partial charge in [-0.2, -0.15) is 12.7 Å². The molecule has 0 saturated heterocycles. The molecule has 0 spiro atoms. The minimum absolute atomic E-state index is 0.203. The first-order valence-electron chi connectivity index (χ1n) is 5.74. The predicted molar refractivity (Wildman–Crippen MR) is 73.1 cm³/mol. The van der Waals surface area contributed by atoms with Crippen LogP contribution in [0.1, 0.15) is 19.4 Å². The molecule has 1 rings (SSSR count). The Morgan fingerprint density at radius 3 is 2.33 bits per heavy atom. The molecule has 1 aromatic carbocycles. The maximum Gasteiger partial charge on any atom is 0.279 e. The fraction of sp³-hybridized carbons (Fsp3) is 0.500. The van der Waals surface area contributed by atoms with Gasteiger partial charge >= 0.3 is 0 Å². The van der Waals surface area contributed by atoms with Crippen LogP contribution in [0, 0.1) is 0 Å². The lowest BCUT2D eigenvalue weighted by molar-refractivity contribution is 0.437. The van der Waals surface area contributed by atoms with Crippen molar-refractivity contribution < 1.29 is 8.42 Å². The van der Waals surface area contributed by atoms with Gasteiger partial charge in [0, 0.05) is 25.7 Å². The van der Waals surface area contributed by atoms with Crippen LogP contribution in [0.25, 0.3) is 0 Å². The van der Waals surface area contributed by atoms with Gasteiger partial charge in [-0.15, -0.1) is 0 Å². The van der Waals surface area contributed by atoms with Gasteiger partial charge in [-0.1, -0.05) is 30.3 Å². The predicted octanol–water partition coefficient (Wildman–Crippen LogP) is 0.690. The number of rotatable bonds is 6. The lowest BCUT2D eigenvalue weighted by Crippen LogP contribution is -2.48. The van der Waals surface area contributed by atoms with E-state index in [0.29, 0.717) is 6.54 Å². The van der Waals surface area contributed by atoms with E-state index in [0.717, 1.165) is 5.56 Å². The summed E-state index contributed by atoms with van der Waals surface area (Å²) in [6.45, 7) is 4.08. The average Bonchev–Trinajstić information content (AvgIpc) is 2.27. The van der Waals surface area contributed by atoms with Crippen LogP contribution < -0.4 is 10.5 Å². The molecule has 6 heteroatoms. The van der Waals surface area contributed by atoms with Crippen LogP contribution in [-0.2, 0) is 16.8 Å².